The van der Waals surface area contributed by atoms with E-state index < -0.39 is 0 Å². The molecule has 0 saturated heterocycles. The fourth-order valence-electron chi connectivity index (χ4n) is 7.30. The van der Waals surface area contributed by atoms with E-state index in [1.54, 1.807) is 0 Å². The molecular formula is C52H39N3O. The largest absolute Gasteiger partial charge is 0.456 e. The van der Waals surface area contributed by atoms with Crippen LogP contribution in [0.3, 0.4) is 0 Å². The third kappa shape index (κ3) is 7.29. The lowest BCUT2D eigenvalue weighted by Gasteiger charge is -2.09. The smallest absolute Gasteiger partial charge is 0.157 e. The molecule has 0 radical (unpaired) electrons. The summed E-state index contributed by atoms with van der Waals surface area (Å²) in [5.41, 5.74) is 20.5. The predicted molar refractivity (Wildman–Crippen MR) is 235 cm³/mol. The van der Waals surface area contributed by atoms with Crippen molar-refractivity contribution in [2.75, 3.05) is 0 Å². The number of amidine groups is 2. The van der Waals surface area contributed by atoms with Gasteiger partial charge in [0.15, 0.2) is 5.84 Å². The van der Waals surface area contributed by atoms with Crippen LogP contribution in [0, 0.1) is 0 Å². The number of aliphatic imine (C=N–C) groups is 2. The molecule has 4 heteroatoms. The topological polar surface area (TPSA) is 63.9 Å². The molecule has 56 heavy (non-hydrogen) atoms. The van der Waals surface area contributed by atoms with Crippen LogP contribution in [-0.4, -0.2) is 11.7 Å². The predicted octanol–water partition coefficient (Wildman–Crippen LogP) is 13.0. The highest BCUT2D eigenvalue weighted by Gasteiger charge is 2.14. The molecule has 1 aliphatic rings. The third-order valence-electron chi connectivity index (χ3n) is 10.3. The zero-order chi connectivity index (χ0) is 37.7. The molecule has 1 aromatic heterocycles. The van der Waals surface area contributed by atoms with Crippen molar-refractivity contribution in [3.05, 3.63) is 217 Å². The van der Waals surface area contributed by atoms with Gasteiger partial charge in [0.05, 0.1) is 6.54 Å². The normalized spacial score (nSPS) is 13.2. The summed E-state index contributed by atoms with van der Waals surface area (Å²) in [6.07, 6.45) is 11.0. The summed E-state index contributed by atoms with van der Waals surface area (Å²) in [7, 11) is 0. The standard InChI is InChI=1S/C52H39N3O/c53-51(41-15-5-1-2-6-16-41)55-52(42-17-9-4-10-18-42)54-35-46-21-12-22-48-50(46)47-32-31-45(34-49(47)56-48)40-29-27-39(28-30-40)44-20-11-19-43(33-44)38-25-23-37(24-26-38)36-13-7-3-8-14-36/h1,3-34H,2,35H2,(H2,53,54,55). The van der Waals surface area contributed by atoms with Crippen LogP contribution in [0.1, 0.15) is 17.5 Å². The highest BCUT2D eigenvalue weighted by Crippen LogP contribution is 2.36. The second-order valence-corrected chi connectivity index (χ2v) is 13.9. The van der Waals surface area contributed by atoms with E-state index in [4.69, 9.17) is 20.1 Å². The van der Waals surface area contributed by atoms with Crippen LogP contribution in [0.2, 0.25) is 0 Å². The van der Waals surface area contributed by atoms with E-state index in [9.17, 15) is 0 Å². The summed E-state index contributed by atoms with van der Waals surface area (Å²) in [5, 5.41) is 2.12. The molecule has 0 bridgehead atoms. The summed E-state index contributed by atoms with van der Waals surface area (Å²) in [6, 6.07) is 59.5. The molecule has 1 heterocycles. The third-order valence-corrected chi connectivity index (χ3v) is 10.3. The van der Waals surface area contributed by atoms with Crippen molar-refractivity contribution in [2.24, 2.45) is 15.7 Å². The van der Waals surface area contributed by atoms with Crippen molar-refractivity contribution < 1.29 is 4.42 Å². The Morgan fingerprint density at radius 2 is 1.11 bits per heavy atom. The Labute approximate surface area is 327 Å². The van der Waals surface area contributed by atoms with Gasteiger partial charge in [-0.2, -0.15) is 0 Å². The molecule has 0 spiro atoms. The average molecular weight is 722 g/mol. The summed E-state index contributed by atoms with van der Waals surface area (Å²) in [6.45, 7) is 0.422. The molecule has 0 aliphatic heterocycles. The molecule has 0 atom stereocenters. The van der Waals surface area contributed by atoms with Gasteiger partial charge in [-0.1, -0.05) is 176 Å². The molecule has 8 aromatic rings. The first-order valence-corrected chi connectivity index (χ1v) is 18.9. The Bertz CT molecular complexity index is 2820. The Morgan fingerprint density at radius 1 is 0.536 bits per heavy atom. The first-order chi connectivity index (χ1) is 27.7. The molecule has 0 amide bonds. The van der Waals surface area contributed by atoms with Crippen molar-refractivity contribution in [1.29, 1.82) is 0 Å². The Balaban J connectivity index is 0.975. The number of hydrogen-bond acceptors (Lipinski definition) is 2. The molecule has 4 nitrogen and oxygen atoms in total. The Kier molecular flexibility index (Phi) is 9.59. The minimum atomic E-state index is 0.422. The monoisotopic (exact) mass is 721 g/mol. The fourth-order valence-corrected chi connectivity index (χ4v) is 7.30. The molecule has 2 N–H and O–H groups in total. The summed E-state index contributed by atoms with van der Waals surface area (Å²) in [5.74, 6) is 1.02. The highest BCUT2D eigenvalue weighted by molar-refractivity contribution is 6.12. The maximum Gasteiger partial charge on any atom is 0.157 e. The zero-order valence-corrected chi connectivity index (χ0v) is 30.8. The first-order valence-electron chi connectivity index (χ1n) is 18.9. The quantitative estimate of drug-likeness (QED) is 0.125. The maximum atomic E-state index is 6.52. The Hall–Kier alpha value is -7.30. The van der Waals surface area contributed by atoms with Crippen molar-refractivity contribution in [3.63, 3.8) is 0 Å². The number of fused-ring (bicyclic) bond motifs is 3. The van der Waals surface area contributed by atoms with Gasteiger partial charge >= 0.3 is 0 Å². The van der Waals surface area contributed by atoms with Gasteiger partial charge in [-0.25, -0.2) is 4.99 Å². The minimum Gasteiger partial charge on any atom is -0.456 e. The van der Waals surface area contributed by atoms with E-state index in [0.717, 1.165) is 56.2 Å². The van der Waals surface area contributed by atoms with Gasteiger partial charge < -0.3 is 10.2 Å². The van der Waals surface area contributed by atoms with Crippen molar-refractivity contribution >= 4 is 33.6 Å². The lowest BCUT2D eigenvalue weighted by Crippen LogP contribution is -2.17. The van der Waals surface area contributed by atoms with Gasteiger partial charge in [0, 0.05) is 21.9 Å². The molecule has 9 rings (SSSR count). The van der Waals surface area contributed by atoms with E-state index in [1.807, 2.05) is 66.8 Å². The van der Waals surface area contributed by atoms with E-state index in [-0.39, 0.29) is 0 Å². The minimum absolute atomic E-state index is 0.422. The molecule has 7 aromatic carbocycles. The van der Waals surface area contributed by atoms with Crippen LogP contribution in [0.5, 0.6) is 0 Å². The average Bonchev–Trinajstić information content (AvgIpc) is 3.42. The first kappa shape index (κ1) is 34.5. The van der Waals surface area contributed by atoms with E-state index in [0.29, 0.717) is 18.2 Å². The van der Waals surface area contributed by atoms with Crippen LogP contribution in [0.25, 0.3) is 66.4 Å². The van der Waals surface area contributed by atoms with Crippen molar-refractivity contribution in [2.45, 2.75) is 13.0 Å². The number of benzene rings is 7. The number of furan rings is 1. The van der Waals surface area contributed by atoms with Crippen LogP contribution in [0.15, 0.2) is 220 Å². The SMILES string of the molecule is NC(=NC(=NCc1cccc2oc3cc(-c4ccc(-c5cccc(-c6ccc(-c7ccccc7)cc6)c5)cc4)ccc3c12)c1ccccc1)C1=CC=CCC=C1. The van der Waals surface area contributed by atoms with Gasteiger partial charge in [-0.3, -0.25) is 4.99 Å². The molecule has 1 aliphatic carbocycles. The zero-order valence-electron chi connectivity index (χ0n) is 30.8. The lowest BCUT2D eigenvalue weighted by atomic mass is 9.96. The number of nitrogens with zero attached hydrogens (tertiary/aromatic N) is 2. The van der Waals surface area contributed by atoms with E-state index in [2.05, 4.69) is 133 Å². The molecule has 0 fully saturated rings. The number of hydrogen-bond donors (Lipinski definition) is 1. The van der Waals surface area contributed by atoms with Gasteiger partial charge in [0.2, 0.25) is 0 Å². The van der Waals surface area contributed by atoms with E-state index >= 15 is 0 Å². The molecule has 268 valence electrons. The van der Waals surface area contributed by atoms with Crippen molar-refractivity contribution in [3.8, 4) is 44.5 Å². The number of rotatable bonds is 8. The van der Waals surface area contributed by atoms with Crippen LogP contribution >= 0.6 is 0 Å². The van der Waals surface area contributed by atoms with Crippen LogP contribution in [0.4, 0.5) is 0 Å². The number of allylic oxidation sites excluding steroid dienone is 4. The van der Waals surface area contributed by atoms with Crippen LogP contribution < -0.4 is 5.73 Å². The Morgan fingerprint density at radius 3 is 1.80 bits per heavy atom. The van der Waals surface area contributed by atoms with Gasteiger partial charge in [-0.05, 0) is 80.8 Å². The van der Waals surface area contributed by atoms with Crippen molar-refractivity contribution in [1.82, 2.24) is 0 Å². The molecule has 0 unspecified atom stereocenters. The highest BCUT2D eigenvalue weighted by atomic mass is 16.3. The summed E-state index contributed by atoms with van der Waals surface area (Å²) >= 11 is 0. The van der Waals surface area contributed by atoms with E-state index in [1.165, 1.54) is 33.4 Å². The second-order valence-electron chi connectivity index (χ2n) is 13.9. The maximum absolute atomic E-state index is 6.52. The summed E-state index contributed by atoms with van der Waals surface area (Å²) < 4.78 is 6.47. The fraction of sp³-hybridized carbons (Fsp3) is 0.0385. The second kappa shape index (κ2) is 15.6. The number of nitrogens with two attached hydrogens (primary N) is 1. The lowest BCUT2D eigenvalue weighted by molar-refractivity contribution is 0.669. The van der Waals surface area contributed by atoms with Crippen LogP contribution in [-0.2, 0) is 6.54 Å². The van der Waals surface area contributed by atoms with Gasteiger partial charge in [0.1, 0.15) is 17.0 Å². The molecule has 0 saturated carbocycles. The van der Waals surface area contributed by atoms with Gasteiger partial charge in [-0.15, -0.1) is 0 Å². The van der Waals surface area contributed by atoms with Gasteiger partial charge in [0.25, 0.3) is 0 Å². The molecular weight excluding hydrogens is 683 g/mol. The summed E-state index contributed by atoms with van der Waals surface area (Å²) in [4.78, 5) is 9.86.